The summed E-state index contributed by atoms with van der Waals surface area (Å²) in [5.41, 5.74) is -0.996. The van der Waals surface area contributed by atoms with Crippen molar-refractivity contribution in [1.82, 2.24) is 20.9 Å². The van der Waals surface area contributed by atoms with Crippen LogP contribution < -0.4 is 16.0 Å². The molecule has 0 atom stereocenters. The Morgan fingerprint density at radius 1 is 0.931 bits per heavy atom. The molecule has 29 heavy (non-hydrogen) atoms. The molecule has 1 aliphatic rings. The van der Waals surface area contributed by atoms with Crippen LogP contribution in [-0.4, -0.2) is 73.5 Å². The van der Waals surface area contributed by atoms with E-state index >= 15 is 0 Å². The van der Waals surface area contributed by atoms with Crippen molar-refractivity contribution in [3.63, 3.8) is 0 Å². The van der Waals surface area contributed by atoms with Crippen molar-refractivity contribution in [2.45, 2.75) is 78.0 Å². The zero-order valence-electron chi connectivity index (χ0n) is 19.1. The molecule has 1 aliphatic carbocycles. The summed E-state index contributed by atoms with van der Waals surface area (Å²) in [6.45, 7) is 13.4. The van der Waals surface area contributed by atoms with Crippen LogP contribution in [0.1, 0.15) is 60.8 Å². The molecule has 1 saturated carbocycles. The molecule has 0 radical (unpaired) electrons. The number of rotatable bonds is 8. The van der Waals surface area contributed by atoms with Crippen LogP contribution in [0, 0.1) is 0 Å². The fourth-order valence-electron chi connectivity index (χ4n) is 2.44. The molecule has 0 heterocycles. The van der Waals surface area contributed by atoms with Crippen LogP contribution in [-0.2, 0) is 9.47 Å². The summed E-state index contributed by atoms with van der Waals surface area (Å²) < 4.78 is 10.7. The van der Waals surface area contributed by atoms with Crippen LogP contribution in [0.4, 0.5) is 9.59 Å². The minimum atomic E-state index is -0.498. The van der Waals surface area contributed by atoms with E-state index in [1.807, 2.05) is 41.5 Å². The van der Waals surface area contributed by atoms with Crippen LogP contribution in [0.15, 0.2) is 4.99 Å². The minimum Gasteiger partial charge on any atom is -0.444 e. The lowest BCUT2D eigenvalue weighted by Crippen LogP contribution is -2.45. The molecule has 168 valence electrons. The van der Waals surface area contributed by atoms with Crippen molar-refractivity contribution in [2.24, 2.45) is 4.99 Å². The lowest BCUT2D eigenvalue weighted by atomic mass is 10.2. The molecule has 2 amide bonds. The second-order valence-electron chi connectivity index (χ2n) is 9.11. The molecule has 0 aromatic heterocycles. The number of alkyl carbamates (subject to hydrolysis) is 1. The average Bonchev–Trinajstić information content (AvgIpc) is 3.37. The van der Waals surface area contributed by atoms with Gasteiger partial charge in [0.2, 0.25) is 0 Å². The van der Waals surface area contributed by atoms with E-state index < -0.39 is 17.3 Å². The second-order valence-corrected chi connectivity index (χ2v) is 9.11. The first-order valence-corrected chi connectivity index (χ1v) is 10.3. The quantitative estimate of drug-likeness (QED) is 0.321. The van der Waals surface area contributed by atoms with Crippen LogP contribution >= 0.6 is 0 Å². The van der Waals surface area contributed by atoms with Gasteiger partial charge in [-0.3, -0.25) is 4.99 Å². The lowest BCUT2D eigenvalue weighted by molar-refractivity contribution is 0.0237. The number of nitrogens with one attached hydrogen (secondary N) is 3. The fourth-order valence-corrected chi connectivity index (χ4v) is 2.44. The number of aliphatic imine (C=N–C) groups is 1. The Morgan fingerprint density at radius 2 is 1.48 bits per heavy atom. The molecule has 9 nitrogen and oxygen atoms in total. The maximum absolute atomic E-state index is 12.4. The average molecular weight is 414 g/mol. The number of ether oxygens (including phenoxy) is 2. The Labute approximate surface area is 175 Å². The normalized spacial score (nSPS) is 14.8. The van der Waals surface area contributed by atoms with E-state index in [-0.39, 0.29) is 12.1 Å². The van der Waals surface area contributed by atoms with E-state index in [2.05, 4.69) is 20.9 Å². The largest absolute Gasteiger partial charge is 0.444 e. The smallest absolute Gasteiger partial charge is 0.410 e. The third kappa shape index (κ3) is 12.1. The summed E-state index contributed by atoms with van der Waals surface area (Å²) in [6.07, 6.45) is 2.10. The monoisotopic (exact) mass is 413 g/mol. The molecule has 0 aromatic carbocycles. The molecule has 0 aromatic rings. The Hall–Kier alpha value is -2.19. The molecule has 3 N–H and O–H groups in total. The van der Waals surface area contributed by atoms with Gasteiger partial charge in [0.15, 0.2) is 5.96 Å². The molecular formula is C20H39N5O4. The first-order chi connectivity index (χ1) is 13.4. The lowest BCUT2D eigenvalue weighted by Gasteiger charge is -2.27. The number of hydrogen-bond donors (Lipinski definition) is 3. The number of nitrogens with zero attached hydrogens (tertiary/aromatic N) is 2. The molecule has 0 aliphatic heterocycles. The highest BCUT2D eigenvalue weighted by Crippen LogP contribution is 2.27. The number of guanidine groups is 1. The van der Waals surface area contributed by atoms with E-state index in [4.69, 9.17) is 9.47 Å². The highest BCUT2D eigenvalue weighted by atomic mass is 16.6. The second kappa shape index (κ2) is 11.1. The minimum absolute atomic E-state index is 0.266. The van der Waals surface area contributed by atoms with Gasteiger partial charge in [-0.05, 0) is 60.8 Å². The predicted octanol–water partition coefficient (Wildman–Crippen LogP) is 2.47. The molecule has 0 spiro atoms. The van der Waals surface area contributed by atoms with Gasteiger partial charge in [-0.15, -0.1) is 0 Å². The standard InChI is InChI=1S/C20H39N5O4/c1-19(2,3)28-17(26)24-12-8-11-22-16(21-7)23-13-14-25(15-9-10-15)18(27)29-20(4,5)6/h15H,8-14H2,1-7H3,(H,24,26)(H2,21,22,23). The van der Waals surface area contributed by atoms with Gasteiger partial charge in [0.25, 0.3) is 0 Å². The highest BCUT2D eigenvalue weighted by molar-refractivity contribution is 5.79. The van der Waals surface area contributed by atoms with Gasteiger partial charge in [-0.2, -0.15) is 0 Å². The zero-order valence-corrected chi connectivity index (χ0v) is 19.1. The molecule has 1 fully saturated rings. The van der Waals surface area contributed by atoms with E-state index in [1.54, 1.807) is 11.9 Å². The van der Waals surface area contributed by atoms with E-state index in [9.17, 15) is 9.59 Å². The van der Waals surface area contributed by atoms with Crippen molar-refractivity contribution >= 4 is 18.1 Å². The summed E-state index contributed by atoms with van der Waals surface area (Å²) in [6, 6.07) is 0.278. The summed E-state index contributed by atoms with van der Waals surface area (Å²) in [5.74, 6) is 0.655. The van der Waals surface area contributed by atoms with E-state index in [1.165, 1.54) is 0 Å². The third-order valence-corrected chi connectivity index (χ3v) is 3.80. The highest BCUT2D eigenvalue weighted by Gasteiger charge is 2.34. The van der Waals surface area contributed by atoms with Crippen LogP contribution in [0.2, 0.25) is 0 Å². The summed E-state index contributed by atoms with van der Waals surface area (Å²) >= 11 is 0. The van der Waals surface area contributed by atoms with Gasteiger partial charge < -0.3 is 30.3 Å². The summed E-state index contributed by atoms with van der Waals surface area (Å²) in [5, 5.41) is 9.12. The predicted molar refractivity (Wildman–Crippen MR) is 114 cm³/mol. The van der Waals surface area contributed by atoms with Crippen molar-refractivity contribution in [3.05, 3.63) is 0 Å². The molecule has 0 saturated heterocycles. The molecule has 0 bridgehead atoms. The Bertz CT molecular complexity index is 562. The maximum Gasteiger partial charge on any atom is 0.410 e. The Kier molecular flexibility index (Phi) is 9.52. The van der Waals surface area contributed by atoms with E-state index in [0.29, 0.717) is 32.1 Å². The zero-order chi connectivity index (χ0) is 22.1. The SMILES string of the molecule is CN=C(NCCCNC(=O)OC(C)(C)C)NCCN(C(=O)OC(C)(C)C)C1CC1. The Morgan fingerprint density at radius 3 is 2.00 bits per heavy atom. The van der Waals surface area contributed by atoms with Crippen LogP contribution in [0.5, 0.6) is 0 Å². The van der Waals surface area contributed by atoms with Gasteiger partial charge in [0, 0.05) is 39.3 Å². The molecule has 1 rings (SSSR count). The summed E-state index contributed by atoms with van der Waals surface area (Å²) in [7, 11) is 1.70. The van der Waals surface area contributed by atoms with Crippen molar-refractivity contribution in [1.29, 1.82) is 0 Å². The topological polar surface area (TPSA) is 104 Å². The number of carbonyl (C=O) groups is 2. The fraction of sp³-hybridized carbons (Fsp3) is 0.850. The van der Waals surface area contributed by atoms with Crippen molar-refractivity contribution in [3.8, 4) is 0 Å². The molecule has 0 unspecified atom stereocenters. The molecule has 9 heteroatoms. The van der Waals surface area contributed by atoms with Gasteiger partial charge in [-0.1, -0.05) is 0 Å². The number of amides is 2. The number of carbonyl (C=O) groups excluding carboxylic acids is 2. The van der Waals surface area contributed by atoms with Crippen LogP contribution in [0.3, 0.4) is 0 Å². The van der Waals surface area contributed by atoms with Gasteiger partial charge in [0.05, 0.1) is 0 Å². The number of hydrogen-bond acceptors (Lipinski definition) is 5. The van der Waals surface area contributed by atoms with Crippen molar-refractivity contribution in [2.75, 3.05) is 33.2 Å². The van der Waals surface area contributed by atoms with Crippen LogP contribution in [0.25, 0.3) is 0 Å². The van der Waals surface area contributed by atoms with E-state index in [0.717, 1.165) is 19.3 Å². The first kappa shape index (κ1) is 24.8. The third-order valence-electron chi connectivity index (χ3n) is 3.80. The Balaban J connectivity index is 2.25. The van der Waals surface area contributed by atoms with Gasteiger partial charge in [0.1, 0.15) is 11.2 Å². The van der Waals surface area contributed by atoms with Gasteiger partial charge in [-0.25, -0.2) is 9.59 Å². The first-order valence-electron chi connectivity index (χ1n) is 10.3. The van der Waals surface area contributed by atoms with Crippen molar-refractivity contribution < 1.29 is 19.1 Å². The maximum atomic E-state index is 12.4. The summed E-state index contributed by atoms with van der Waals surface area (Å²) in [4.78, 5) is 29.9. The van der Waals surface area contributed by atoms with Gasteiger partial charge >= 0.3 is 12.2 Å². The molecular weight excluding hydrogens is 374 g/mol.